The van der Waals surface area contributed by atoms with Gasteiger partial charge in [0.25, 0.3) is 0 Å². The largest absolute Gasteiger partial charge is 0.494 e. The van der Waals surface area contributed by atoms with Crippen LogP contribution in [-0.2, 0) is 13.0 Å². The van der Waals surface area contributed by atoms with Gasteiger partial charge in [-0.2, -0.15) is 0 Å². The highest BCUT2D eigenvalue weighted by atomic mass is 32.1. The van der Waals surface area contributed by atoms with Gasteiger partial charge in [0, 0.05) is 22.3 Å². The molecule has 0 spiro atoms. The maximum atomic E-state index is 5.53. The molecule has 2 aromatic rings. The molecule has 1 atom stereocenters. The molecular weight excluding hydrogens is 266 g/mol. The van der Waals surface area contributed by atoms with Crippen LogP contribution in [0.25, 0.3) is 0 Å². The van der Waals surface area contributed by atoms with Crippen LogP contribution in [0.5, 0.6) is 5.75 Å². The Morgan fingerprint density at radius 1 is 1.25 bits per heavy atom. The summed E-state index contributed by atoms with van der Waals surface area (Å²) in [6.07, 6.45) is 1.09. The van der Waals surface area contributed by atoms with Gasteiger partial charge >= 0.3 is 0 Å². The van der Waals surface area contributed by atoms with E-state index in [0.717, 1.165) is 18.7 Å². The van der Waals surface area contributed by atoms with Crippen LogP contribution in [-0.4, -0.2) is 12.6 Å². The van der Waals surface area contributed by atoms with Gasteiger partial charge in [0.1, 0.15) is 5.75 Å². The van der Waals surface area contributed by atoms with Gasteiger partial charge in [-0.25, -0.2) is 0 Å². The van der Waals surface area contributed by atoms with Gasteiger partial charge in [0.15, 0.2) is 0 Å². The second-order valence-electron chi connectivity index (χ2n) is 5.08. The second kappa shape index (κ2) is 7.46. The van der Waals surface area contributed by atoms with Crippen LogP contribution in [0.3, 0.4) is 0 Å². The van der Waals surface area contributed by atoms with Crippen molar-refractivity contribution in [1.82, 2.24) is 5.32 Å². The average Bonchev–Trinajstić information content (AvgIpc) is 2.83. The Kier molecular flexibility index (Phi) is 5.62. The highest BCUT2D eigenvalue weighted by Gasteiger charge is 2.05. The third kappa shape index (κ3) is 4.66. The van der Waals surface area contributed by atoms with E-state index < -0.39 is 0 Å². The van der Waals surface area contributed by atoms with E-state index in [0.29, 0.717) is 12.6 Å². The predicted molar refractivity (Wildman–Crippen MR) is 86.7 cm³/mol. The van der Waals surface area contributed by atoms with Gasteiger partial charge in [0.05, 0.1) is 6.61 Å². The Balaban J connectivity index is 1.83. The first kappa shape index (κ1) is 15.1. The summed E-state index contributed by atoms with van der Waals surface area (Å²) in [7, 11) is 0. The molecule has 0 radical (unpaired) electrons. The fourth-order valence-electron chi connectivity index (χ4n) is 2.17. The van der Waals surface area contributed by atoms with Crippen molar-refractivity contribution < 1.29 is 4.74 Å². The summed E-state index contributed by atoms with van der Waals surface area (Å²) in [5.74, 6) is 0.952. The van der Waals surface area contributed by atoms with E-state index in [9.17, 15) is 0 Å². The summed E-state index contributed by atoms with van der Waals surface area (Å²) >= 11 is 1.89. The molecule has 0 amide bonds. The van der Waals surface area contributed by atoms with E-state index in [1.54, 1.807) is 0 Å². The Morgan fingerprint density at radius 2 is 2.10 bits per heavy atom. The fourth-order valence-corrected chi connectivity index (χ4v) is 3.19. The minimum atomic E-state index is 0.476. The normalized spacial score (nSPS) is 12.3. The van der Waals surface area contributed by atoms with Gasteiger partial charge in [0.2, 0.25) is 0 Å². The van der Waals surface area contributed by atoms with Gasteiger partial charge in [-0.15, -0.1) is 11.3 Å². The molecule has 1 aromatic heterocycles. The number of hydrogen-bond donors (Lipinski definition) is 1. The molecule has 0 aliphatic rings. The Hall–Kier alpha value is -1.32. The molecule has 2 rings (SSSR count). The van der Waals surface area contributed by atoms with Gasteiger partial charge in [-0.3, -0.25) is 0 Å². The molecule has 1 N–H and O–H groups in total. The van der Waals surface area contributed by atoms with Crippen LogP contribution in [0.1, 0.15) is 29.2 Å². The van der Waals surface area contributed by atoms with E-state index in [2.05, 4.69) is 49.5 Å². The minimum Gasteiger partial charge on any atom is -0.494 e. The van der Waals surface area contributed by atoms with Gasteiger partial charge in [-0.1, -0.05) is 12.1 Å². The molecule has 0 saturated carbocycles. The number of rotatable bonds is 7. The first-order valence-corrected chi connectivity index (χ1v) is 7.99. The van der Waals surface area contributed by atoms with Crippen LogP contribution >= 0.6 is 11.3 Å². The standard InChI is InChI=1S/C17H23NOS/c1-4-19-16-7-5-6-15(11-16)12-18-13(2)10-17-9-8-14(3)20-17/h5-9,11,13,18H,4,10,12H2,1-3H3. The SMILES string of the molecule is CCOc1cccc(CNC(C)Cc2ccc(C)s2)c1. The number of ether oxygens (including phenoxy) is 1. The van der Waals surface area contributed by atoms with Crippen LogP contribution in [0.15, 0.2) is 36.4 Å². The van der Waals surface area contributed by atoms with Crippen molar-refractivity contribution in [3.8, 4) is 5.75 Å². The molecular formula is C17H23NOS. The lowest BCUT2D eigenvalue weighted by Gasteiger charge is -2.13. The van der Waals surface area contributed by atoms with Gasteiger partial charge < -0.3 is 10.1 Å². The number of nitrogens with one attached hydrogen (secondary N) is 1. The van der Waals surface area contributed by atoms with Crippen LogP contribution in [0.4, 0.5) is 0 Å². The molecule has 2 nitrogen and oxygen atoms in total. The molecule has 0 fully saturated rings. The molecule has 0 aliphatic carbocycles. The molecule has 1 unspecified atom stereocenters. The summed E-state index contributed by atoms with van der Waals surface area (Å²) in [4.78, 5) is 2.84. The average molecular weight is 289 g/mol. The third-order valence-corrected chi connectivity index (χ3v) is 4.19. The highest BCUT2D eigenvalue weighted by Crippen LogP contribution is 2.17. The van der Waals surface area contributed by atoms with E-state index >= 15 is 0 Å². The van der Waals surface area contributed by atoms with Crippen molar-refractivity contribution >= 4 is 11.3 Å². The summed E-state index contributed by atoms with van der Waals surface area (Å²) in [5.41, 5.74) is 1.27. The monoisotopic (exact) mass is 289 g/mol. The van der Waals surface area contributed by atoms with Crippen molar-refractivity contribution in [2.24, 2.45) is 0 Å². The molecule has 3 heteroatoms. The highest BCUT2D eigenvalue weighted by molar-refractivity contribution is 7.11. The zero-order valence-corrected chi connectivity index (χ0v) is 13.3. The lowest BCUT2D eigenvalue weighted by Crippen LogP contribution is -2.27. The van der Waals surface area contributed by atoms with E-state index in [1.165, 1.54) is 15.3 Å². The number of aryl methyl sites for hydroxylation is 1. The van der Waals surface area contributed by atoms with E-state index in [1.807, 2.05) is 24.3 Å². The predicted octanol–water partition coefficient (Wildman–Crippen LogP) is 4.18. The number of thiophene rings is 1. The molecule has 1 heterocycles. The lowest BCUT2D eigenvalue weighted by molar-refractivity contribution is 0.339. The van der Waals surface area contributed by atoms with Crippen LogP contribution in [0, 0.1) is 6.92 Å². The summed E-state index contributed by atoms with van der Waals surface area (Å²) in [6, 6.07) is 13.2. The molecule has 0 bridgehead atoms. The smallest absolute Gasteiger partial charge is 0.119 e. The zero-order valence-electron chi connectivity index (χ0n) is 12.5. The number of hydrogen-bond acceptors (Lipinski definition) is 3. The quantitative estimate of drug-likeness (QED) is 0.825. The van der Waals surface area contributed by atoms with Crippen molar-refractivity contribution in [2.75, 3.05) is 6.61 Å². The zero-order chi connectivity index (χ0) is 14.4. The summed E-state index contributed by atoms with van der Waals surface area (Å²) in [5, 5.41) is 3.58. The Labute approximate surface area is 125 Å². The van der Waals surface area contributed by atoms with Crippen molar-refractivity contribution in [3.63, 3.8) is 0 Å². The first-order valence-electron chi connectivity index (χ1n) is 7.18. The van der Waals surface area contributed by atoms with E-state index in [-0.39, 0.29) is 0 Å². The summed E-state index contributed by atoms with van der Waals surface area (Å²) in [6.45, 7) is 8.00. The maximum Gasteiger partial charge on any atom is 0.119 e. The molecule has 108 valence electrons. The second-order valence-corrected chi connectivity index (χ2v) is 6.45. The molecule has 0 saturated heterocycles. The van der Waals surface area contributed by atoms with Crippen LogP contribution in [0.2, 0.25) is 0 Å². The Bertz CT molecular complexity index is 535. The molecule has 1 aromatic carbocycles. The van der Waals surface area contributed by atoms with Crippen molar-refractivity contribution in [2.45, 2.75) is 39.8 Å². The molecule has 20 heavy (non-hydrogen) atoms. The van der Waals surface area contributed by atoms with Crippen molar-refractivity contribution in [3.05, 3.63) is 51.7 Å². The molecule has 0 aliphatic heterocycles. The fraction of sp³-hybridized carbons (Fsp3) is 0.412. The lowest BCUT2D eigenvalue weighted by atomic mass is 10.1. The van der Waals surface area contributed by atoms with E-state index in [4.69, 9.17) is 4.74 Å². The Morgan fingerprint density at radius 3 is 2.80 bits per heavy atom. The van der Waals surface area contributed by atoms with Crippen LogP contribution < -0.4 is 10.1 Å². The number of benzene rings is 1. The third-order valence-electron chi connectivity index (χ3n) is 3.17. The first-order chi connectivity index (χ1) is 9.67. The minimum absolute atomic E-state index is 0.476. The topological polar surface area (TPSA) is 21.3 Å². The van der Waals surface area contributed by atoms with Crippen molar-refractivity contribution in [1.29, 1.82) is 0 Å². The van der Waals surface area contributed by atoms with Gasteiger partial charge in [-0.05, 0) is 57.0 Å². The summed E-state index contributed by atoms with van der Waals surface area (Å²) < 4.78 is 5.53. The maximum absolute atomic E-state index is 5.53.